The van der Waals surface area contributed by atoms with Crippen LogP contribution in [0.2, 0.25) is 0 Å². The summed E-state index contributed by atoms with van der Waals surface area (Å²) < 4.78 is 0. The molecular formula is C24H24AgClN2. The normalized spacial score (nSPS) is 12.5. The minimum absolute atomic E-state index is 0.834. The van der Waals surface area contributed by atoms with E-state index in [-0.39, 0.29) is 0 Å². The molecule has 0 spiro atoms. The van der Waals surface area contributed by atoms with Crippen LogP contribution >= 0.6 is 9.19 Å². The number of fused-ring (bicyclic) bond motifs is 1. The molecule has 0 aromatic heterocycles. The molecule has 0 saturated carbocycles. The van der Waals surface area contributed by atoms with Gasteiger partial charge in [-0.25, -0.2) is 0 Å². The summed E-state index contributed by atoms with van der Waals surface area (Å²) in [6, 6.07) is 21.3. The van der Waals surface area contributed by atoms with Crippen molar-refractivity contribution in [1.29, 1.82) is 0 Å². The predicted molar refractivity (Wildman–Crippen MR) is 116 cm³/mol. The molecule has 0 bridgehead atoms. The van der Waals surface area contributed by atoms with Gasteiger partial charge >= 0.3 is 29.2 Å². The summed E-state index contributed by atoms with van der Waals surface area (Å²) >= 11 is 2.42. The second-order valence-corrected chi connectivity index (χ2v) is 7.08. The Balaban J connectivity index is 0.00000109. The molecule has 0 saturated heterocycles. The van der Waals surface area contributed by atoms with Crippen LogP contribution in [0.5, 0.6) is 0 Å². The van der Waals surface area contributed by atoms with Gasteiger partial charge in [0.05, 0.1) is 11.4 Å². The maximum atomic E-state index is 4.45. The average molecular weight is 484 g/mol. The van der Waals surface area contributed by atoms with Crippen LogP contribution in [0.3, 0.4) is 0 Å². The van der Waals surface area contributed by atoms with Crippen molar-refractivity contribution in [3.8, 4) is 0 Å². The van der Waals surface area contributed by atoms with Crippen LogP contribution in [-0.2, 0) is 26.5 Å². The van der Waals surface area contributed by atoms with Crippen molar-refractivity contribution in [1.82, 2.24) is 0 Å². The van der Waals surface area contributed by atoms with Crippen LogP contribution in [0.1, 0.15) is 27.8 Å². The van der Waals surface area contributed by atoms with Crippen molar-refractivity contribution in [3.05, 3.63) is 95.1 Å². The van der Waals surface area contributed by atoms with Gasteiger partial charge in [0.2, 0.25) is 6.67 Å². The van der Waals surface area contributed by atoms with Gasteiger partial charge in [-0.2, -0.15) is 0 Å². The summed E-state index contributed by atoms with van der Waals surface area (Å²) in [4.78, 5) is 4.40. The van der Waals surface area contributed by atoms with Crippen molar-refractivity contribution < 1.29 is 20.0 Å². The van der Waals surface area contributed by atoms with E-state index in [2.05, 4.69) is 128 Å². The molecule has 0 atom stereocenters. The molecular weight excluding hydrogens is 460 g/mol. The second kappa shape index (κ2) is 9.19. The van der Waals surface area contributed by atoms with Crippen molar-refractivity contribution in [2.24, 2.45) is 0 Å². The maximum absolute atomic E-state index is 4.45. The SMILES string of the molecule is Cc1cc(C)c(C)c(CN2[C]N(c3ccccc3)c3ccccc32)c1C.[Cl][Ag]. The summed E-state index contributed by atoms with van der Waals surface area (Å²) in [5.41, 5.74) is 10.4. The van der Waals surface area contributed by atoms with Gasteiger partial charge in [-0.05, 0) is 79.8 Å². The fourth-order valence-corrected chi connectivity index (χ4v) is 3.70. The van der Waals surface area contributed by atoms with E-state index in [1.54, 1.807) is 0 Å². The molecule has 1 aliphatic heterocycles. The molecule has 0 fully saturated rings. The number of anilines is 3. The Morgan fingerprint density at radius 1 is 0.786 bits per heavy atom. The van der Waals surface area contributed by atoms with Crippen LogP contribution in [0.4, 0.5) is 17.1 Å². The summed E-state index contributed by atoms with van der Waals surface area (Å²) in [6.07, 6.45) is 0. The molecule has 0 unspecified atom stereocenters. The molecule has 0 N–H and O–H groups in total. The Morgan fingerprint density at radius 2 is 1.32 bits per heavy atom. The first-order chi connectivity index (χ1) is 13.6. The summed E-state index contributed by atoms with van der Waals surface area (Å²) in [5.74, 6) is 0. The fourth-order valence-electron chi connectivity index (χ4n) is 3.70. The zero-order valence-corrected chi connectivity index (χ0v) is 18.8. The van der Waals surface area contributed by atoms with Crippen LogP contribution < -0.4 is 9.80 Å². The summed E-state index contributed by atoms with van der Waals surface area (Å²) in [5, 5.41) is 0. The third-order valence-electron chi connectivity index (χ3n) is 5.49. The monoisotopic (exact) mass is 482 g/mol. The Labute approximate surface area is 184 Å². The van der Waals surface area contributed by atoms with E-state index in [1.165, 1.54) is 39.2 Å². The number of benzene rings is 3. The number of aryl methyl sites for hydroxylation is 2. The molecule has 148 valence electrons. The third kappa shape index (κ3) is 4.01. The Hall–Kier alpha value is -1.71. The van der Waals surface area contributed by atoms with Crippen LogP contribution in [0.25, 0.3) is 0 Å². The van der Waals surface area contributed by atoms with E-state index in [9.17, 15) is 0 Å². The van der Waals surface area contributed by atoms with E-state index in [4.69, 9.17) is 0 Å². The molecule has 2 nitrogen and oxygen atoms in total. The van der Waals surface area contributed by atoms with Gasteiger partial charge in [0.1, 0.15) is 0 Å². The molecule has 28 heavy (non-hydrogen) atoms. The fraction of sp³-hybridized carbons (Fsp3) is 0.208. The van der Waals surface area contributed by atoms with Gasteiger partial charge < -0.3 is 9.80 Å². The number of hydrogen-bond donors (Lipinski definition) is 0. The standard InChI is InChI=1S/C24H24N2.Ag.ClH/c1-17-14-18(2)20(4)22(19(17)3)15-25-16-26(21-10-6-5-7-11-21)24-13-9-8-12-23(24)25;;/h5-14H,15H2,1-4H3;;1H/q;+1;/p-1. The van der Waals surface area contributed by atoms with E-state index < -0.39 is 0 Å². The molecule has 4 heteroatoms. The topological polar surface area (TPSA) is 6.48 Å². The predicted octanol–water partition coefficient (Wildman–Crippen LogP) is 6.76. The zero-order chi connectivity index (χ0) is 20.3. The van der Waals surface area contributed by atoms with Gasteiger partial charge in [-0.3, -0.25) is 0 Å². The van der Waals surface area contributed by atoms with Crippen LogP contribution in [0.15, 0.2) is 60.7 Å². The third-order valence-corrected chi connectivity index (χ3v) is 5.49. The number of hydrogen-bond acceptors (Lipinski definition) is 2. The van der Waals surface area contributed by atoms with E-state index >= 15 is 0 Å². The van der Waals surface area contributed by atoms with Crippen molar-refractivity contribution in [2.45, 2.75) is 34.2 Å². The van der Waals surface area contributed by atoms with Crippen molar-refractivity contribution in [3.63, 3.8) is 0 Å². The summed E-state index contributed by atoms with van der Waals surface area (Å²) in [7, 11) is 4.45. The van der Waals surface area contributed by atoms with E-state index in [0.29, 0.717) is 0 Å². The number of nitrogens with zero attached hydrogens (tertiary/aromatic N) is 2. The zero-order valence-electron chi connectivity index (χ0n) is 16.6. The molecule has 0 amide bonds. The van der Waals surface area contributed by atoms with E-state index in [0.717, 1.165) is 12.2 Å². The molecule has 0 aliphatic carbocycles. The van der Waals surface area contributed by atoms with Crippen molar-refractivity contribution >= 4 is 26.3 Å². The quantitative estimate of drug-likeness (QED) is 0.380. The summed E-state index contributed by atoms with van der Waals surface area (Å²) in [6.45, 7) is 13.3. The number of para-hydroxylation sites is 3. The van der Waals surface area contributed by atoms with Gasteiger partial charge in [-0.15, -0.1) is 0 Å². The first-order valence-corrected chi connectivity index (χ1v) is 11.1. The second-order valence-electron chi connectivity index (χ2n) is 7.08. The molecule has 1 aliphatic rings. The first kappa shape index (κ1) is 21.0. The molecule has 4 rings (SSSR count). The van der Waals surface area contributed by atoms with Gasteiger partial charge in [0.25, 0.3) is 0 Å². The Bertz CT molecular complexity index is 930. The number of rotatable bonds is 3. The van der Waals surface area contributed by atoms with Gasteiger partial charge in [-0.1, -0.05) is 36.4 Å². The first-order valence-electron chi connectivity index (χ1n) is 9.22. The number of halogens is 1. The molecule has 3 aromatic carbocycles. The van der Waals surface area contributed by atoms with Crippen LogP contribution in [-0.4, -0.2) is 0 Å². The minimum atomic E-state index is 0.834. The van der Waals surface area contributed by atoms with Crippen molar-refractivity contribution in [2.75, 3.05) is 9.80 Å². The van der Waals surface area contributed by atoms with Gasteiger partial charge in [0, 0.05) is 12.2 Å². The van der Waals surface area contributed by atoms with Gasteiger partial charge in [0.15, 0.2) is 0 Å². The molecule has 2 radical (unpaired) electrons. The van der Waals surface area contributed by atoms with E-state index in [1.807, 2.05) is 6.07 Å². The molecule has 3 aromatic rings. The Morgan fingerprint density at radius 3 is 1.93 bits per heavy atom. The molecule has 1 heterocycles. The Kier molecular flexibility index (Phi) is 6.90. The van der Waals surface area contributed by atoms with Crippen LogP contribution in [0, 0.1) is 34.4 Å². The average Bonchev–Trinajstić information content (AvgIpc) is 3.10.